The number of piperidine rings is 1. The zero-order valence-electron chi connectivity index (χ0n) is 17.1. The molecular weight excluding hydrogens is 354 g/mol. The maximum atomic E-state index is 12.5. The highest BCUT2D eigenvalue weighted by molar-refractivity contribution is 6.00. The molecule has 6 heteroatoms. The van der Waals surface area contributed by atoms with Crippen LogP contribution >= 0.6 is 0 Å². The van der Waals surface area contributed by atoms with Crippen LogP contribution in [-0.2, 0) is 18.3 Å². The minimum absolute atomic E-state index is 0.0841. The molecule has 0 saturated carbocycles. The summed E-state index contributed by atoms with van der Waals surface area (Å²) in [6.07, 6.45) is 2.29. The summed E-state index contributed by atoms with van der Waals surface area (Å²) in [7, 11) is 1.73. The van der Waals surface area contributed by atoms with Crippen molar-refractivity contribution in [2.75, 3.05) is 26.2 Å². The first-order valence-electron chi connectivity index (χ1n) is 10.2. The molecule has 0 unspecified atom stereocenters. The number of nitrogens with zero attached hydrogens (tertiary/aromatic N) is 2. The Kier molecular flexibility index (Phi) is 6.39. The first-order valence-corrected chi connectivity index (χ1v) is 10.2. The summed E-state index contributed by atoms with van der Waals surface area (Å²) in [6.45, 7) is 8.48. The quantitative estimate of drug-likeness (QED) is 0.719. The van der Waals surface area contributed by atoms with Gasteiger partial charge in [-0.3, -0.25) is 4.79 Å². The third-order valence-electron chi connectivity index (χ3n) is 5.67. The highest BCUT2D eigenvalue weighted by Crippen LogP contribution is 2.26. The molecule has 1 fully saturated rings. The van der Waals surface area contributed by atoms with Crippen LogP contribution in [0, 0.1) is 11.8 Å². The summed E-state index contributed by atoms with van der Waals surface area (Å²) in [5.41, 5.74) is 1.60. The van der Waals surface area contributed by atoms with Crippen LogP contribution in [0.15, 0.2) is 24.3 Å². The normalized spacial score (nSPS) is 20.4. The molecule has 0 radical (unpaired) electrons. The Hall–Kier alpha value is -2.34. The number of amides is 1. The van der Waals surface area contributed by atoms with Gasteiger partial charge in [0, 0.05) is 43.1 Å². The average Bonchev–Trinajstić information content (AvgIpc) is 2.90. The van der Waals surface area contributed by atoms with Crippen molar-refractivity contribution < 1.29 is 14.7 Å². The zero-order chi connectivity index (χ0) is 20.3. The van der Waals surface area contributed by atoms with E-state index in [0.29, 0.717) is 12.1 Å². The van der Waals surface area contributed by atoms with E-state index in [2.05, 4.69) is 24.1 Å². The van der Waals surface area contributed by atoms with Crippen molar-refractivity contribution in [3.63, 3.8) is 0 Å². The Balaban J connectivity index is 1.57. The van der Waals surface area contributed by atoms with Gasteiger partial charge in [0.1, 0.15) is 5.69 Å². The summed E-state index contributed by atoms with van der Waals surface area (Å²) in [5, 5.41) is 13.4. The average molecular weight is 386 g/mol. The van der Waals surface area contributed by atoms with Gasteiger partial charge in [0.25, 0.3) is 0 Å². The largest absolute Gasteiger partial charge is 0.477 e. The molecule has 152 valence electrons. The number of carboxylic acids is 1. The van der Waals surface area contributed by atoms with Gasteiger partial charge in [-0.2, -0.15) is 0 Å². The number of rotatable bonds is 7. The predicted molar refractivity (Wildman–Crippen MR) is 111 cm³/mol. The van der Waals surface area contributed by atoms with Gasteiger partial charge in [0.15, 0.2) is 0 Å². The van der Waals surface area contributed by atoms with Crippen LogP contribution in [0.25, 0.3) is 10.9 Å². The number of aryl methyl sites for hydroxylation is 1. The molecular formula is C22H31N3O3. The van der Waals surface area contributed by atoms with Gasteiger partial charge < -0.3 is 19.9 Å². The number of carbonyl (C=O) groups excluding carboxylic acids is 1. The SMILES string of the molecule is C[C@H]1C[C@H](C)CN(CCCNC(=O)Cc2c(C(=O)O)n(C)c3ccccc23)C1. The fraction of sp³-hybridized carbons (Fsp3) is 0.545. The van der Waals surface area contributed by atoms with Crippen molar-refractivity contribution >= 4 is 22.8 Å². The third-order valence-corrected chi connectivity index (χ3v) is 5.67. The van der Waals surface area contributed by atoms with E-state index in [4.69, 9.17) is 0 Å². The number of carbonyl (C=O) groups is 2. The molecule has 2 heterocycles. The number of hydrogen-bond donors (Lipinski definition) is 2. The topological polar surface area (TPSA) is 74.6 Å². The molecule has 1 saturated heterocycles. The van der Waals surface area contributed by atoms with Crippen LogP contribution in [0.3, 0.4) is 0 Å². The molecule has 0 spiro atoms. The molecule has 28 heavy (non-hydrogen) atoms. The first kappa shape index (κ1) is 20.4. The second-order valence-corrected chi connectivity index (χ2v) is 8.29. The first-order chi connectivity index (χ1) is 13.4. The number of fused-ring (bicyclic) bond motifs is 1. The highest BCUT2D eigenvalue weighted by Gasteiger charge is 2.23. The van der Waals surface area contributed by atoms with E-state index in [1.807, 2.05) is 24.3 Å². The summed E-state index contributed by atoms with van der Waals surface area (Å²) >= 11 is 0. The van der Waals surface area contributed by atoms with Gasteiger partial charge in [-0.15, -0.1) is 0 Å². The number of likely N-dealkylation sites (tertiary alicyclic amines) is 1. The Morgan fingerprint density at radius 1 is 1.18 bits per heavy atom. The lowest BCUT2D eigenvalue weighted by atomic mass is 9.92. The van der Waals surface area contributed by atoms with Gasteiger partial charge >= 0.3 is 5.97 Å². The lowest BCUT2D eigenvalue weighted by Gasteiger charge is -2.34. The fourth-order valence-electron chi connectivity index (χ4n) is 4.65. The maximum Gasteiger partial charge on any atom is 0.352 e. The Labute approximate surface area is 166 Å². The van der Waals surface area contributed by atoms with Crippen molar-refractivity contribution in [3.05, 3.63) is 35.5 Å². The number of nitrogens with one attached hydrogen (secondary N) is 1. The number of benzene rings is 1. The summed E-state index contributed by atoms with van der Waals surface area (Å²) < 4.78 is 1.65. The van der Waals surface area contributed by atoms with E-state index >= 15 is 0 Å². The lowest BCUT2D eigenvalue weighted by molar-refractivity contribution is -0.120. The van der Waals surface area contributed by atoms with Crippen molar-refractivity contribution in [3.8, 4) is 0 Å². The van der Waals surface area contributed by atoms with Gasteiger partial charge in [0.2, 0.25) is 5.91 Å². The molecule has 1 amide bonds. The molecule has 1 aromatic carbocycles. The van der Waals surface area contributed by atoms with Crippen LogP contribution in [0.2, 0.25) is 0 Å². The summed E-state index contributed by atoms with van der Waals surface area (Å²) in [6, 6.07) is 7.50. The van der Waals surface area contributed by atoms with E-state index in [9.17, 15) is 14.7 Å². The molecule has 0 aliphatic carbocycles. The van der Waals surface area contributed by atoms with E-state index in [1.165, 1.54) is 6.42 Å². The van der Waals surface area contributed by atoms with Crippen LogP contribution < -0.4 is 5.32 Å². The van der Waals surface area contributed by atoms with Crippen LogP contribution in [0.1, 0.15) is 42.7 Å². The molecule has 0 bridgehead atoms. The molecule has 1 aliphatic heterocycles. The number of para-hydroxylation sites is 1. The lowest BCUT2D eigenvalue weighted by Crippen LogP contribution is -2.40. The molecule has 1 aromatic heterocycles. The molecule has 1 aliphatic rings. The minimum Gasteiger partial charge on any atom is -0.477 e. The van der Waals surface area contributed by atoms with E-state index < -0.39 is 5.97 Å². The van der Waals surface area contributed by atoms with Crippen LogP contribution in [0.5, 0.6) is 0 Å². The number of aromatic carboxylic acids is 1. The molecule has 3 rings (SSSR count). The number of aromatic nitrogens is 1. The minimum atomic E-state index is -1.00. The van der Waals surface area contributed by atoms with Crippen molar-refractivity contribution in [2.24, 2.45) is 18.9 Å². The molecule has 2 aromatic rings. The van der Waals surface area contributed by atoms with Crippen molar-refractivity contribution in [1.82, 2.24) is 14.8 Å². The second-order valence-electron chi connectivity index (χ2n) is 8.29. The smallest absolute Gasteiger partial charge is 0.352 e. The van der Waals surface area contributed by atoms with Gasteiger partial charge in [-0.05, 0) is 37.3 Å². The maximum absolute atomic E-state index is 12.5. The van der Waals surface area contributed by atoms with Crippen molar-refractivity contribution in [2.45, 2.75) is 33.1 Å². The van der Waals surface area contributed by atoms with Crippen molar-refractivity contribution in [1.29, 1.82) is 0 Å². The Morgan fingerprint density at radius 2 is 1.86 bits per heavy atom. The number of carboxylic acid groups (broad SMARTS) is 1. The predicted octanol–water partition coefficient (Wildman–Crippen LogP) is 2.90. The van der Waals surface area contributed by atoms with E-state index in [1.54, 1.807) is 11.6 Å². The second kappa shape index (κ2) is 8.78. The summed E-state index contributed by atoms with van der Waals surface area (Å²) in [4.78, 5) is 26.7. The van der Waals surface area contributed by atoms with Gasteiger partial charge in [-0.1, -0.05) is 32.0 Å². The molecule has 6 nitrogen and oxygen atoms in total. The summed E-state index contributed by atoms with van der Waals surface area (Å²) in [5.74, 6) is 0.340. The Bertz CT molecular complexity index is 848. The van der Waals surface area contributed by atoms with Gasteiger partial charge in [0.05, 0.1) is 6.42 Å². The van der Waals surface area contributed by atoms with E-state index in [-0.39, 0.29) is 18.0 Å². The van der Waals surface area contributed by atoms with Crippen LogP contribution in [0.4, 0.5) is 0 Å². The highest BCUT2D eigenvalue weighted by atomic mass is 16.4. The molecule has 2 N–H and O–H groups in total. The molecule has 2 atom stereocenters. The number of hydrogen-bond acceptors (Lipinski definition) is 3. The zero-order valence-corrected chi connectivity index (χ0v) is 17.1. The van der Waals surface area contributed by atoms with Gasteiger partial charge in [-0.25, -0.2) is 4.79 Å². The van der Waals surface area contributed by atoms with Crippen LogP contribution in [-0.4, -0.2) is 52.6 Å². The van der Waals surface area contributed by atoms with E-state index in [0.717, 1.165) is 48.8 Å². The fourth-order valence-corrected chi connectivity index (χ4v) is 4.65. The standard InChI is InChI=1S/C22H31N3O3/c1-15-11-16(2)14-25(13-15)10-6-9-23-20(26)12-18-17-7-4-5-8-19(17)24(3)21(18)22(27)28/h4-5,7-8,15-16H,6,9-14H2,1-3H3,(H,23,26)(H,27,28)/t15-,16-/m0/s1. The third kappa shape index (κ3) is 4.55. The Morgan fingerprint density at radius 3 is 2.54 bits per heavy atom. The monoisotopic (exact) mass is 385 g/mol.